The van der Waals surface area contributed by atoms with E-state index >= 15 is 0 Å². The summed E-state index contributed by atoms with van der Waals surface area (Å²) >= 11 is 1.47. The highest BCUT2D eigenvalue weighted by atomic mass is 32.2. The molecule has 0 saturated carbocycles. The summed E-state index contributed by atoms with van der Waals surface area (Å²) in [5.41, 5.74) is 2.25. The fourth-order valence-corrected chi connectivity index (χ4v) is 4.39. The van der Waals surface area contributed by atoms with Gasteiger partial charge in [-0.15, -0.1) is 10.2 Å². The van der Waals surface area contributed by atoms with Gasteiger partial charge in [-0.25, -0.2) is 0 Å². The molecule has 2 aromatic rings. The van der Waals surface area contributed by atoms with Gasteiger partial charge in [-0.1, -0.05) is 36.0 Å². The minimum absolute atomic E-state index is 0.199. The minimum atomic E-state index is 0.199. The van der Waals surface area contributed by atoms with Crippen LogP contribution in [0.1, 0.15) is 38.7 Å². The predicted molar refractivity (Wildman–Crippen MR) is 102 cm³/mol. The number of carbonyl (C=O) groups is 1. The molecule has 2 heterocycles. The topological polar surface area (TPSA) is 51.0 Å². The largest absolute Gasteiger partial charge is 0.337 e. The maximum atomic E-state index is 12.7. The fourth-order valence-electron chi connectivity index (χ4n) is 3.61. The molecule has 1 aromatic carbocycles. The molecule has 0 bridgehead atoms. The molecule has 2 atom stereocenters. The van der Waals surface area contributed by atoms with Crippen molar-refractivity contribution in [2.24, 2.45) is 7.05 Å². The van der Waals surface area contributed by atoms with Crippen LogP contribution < -0.4 is 0 Å². The van der Waals surface area contributed by atoms with Crippen molar-refractivity contribution >= 4 is 17.7 Å². The van der Waals surface area contributed by atoms with Gasteiger partial charge in [0, 0.05) is 24.7 Å². The molecule has 0 N–H and O–H groups in total. The van der Waals surface area contributed by atoms with Gasteiger partial charge in [-0.2, -0.15) is 0 Å². The molecule has 1 aliphatic rings. The molecule has 1 fully saturated rings. The molecule has 0 unspecified atom stereocenters. The van der Waals surface area contributed by atoms with Crippen LogP contribution in [0.25, 0.3) is 11.4 Å². The zero-order chi connectivity index (χ0) is 18.0. The minimum Gasteiger partial charge on any atom is -0.337 e. The number of hydrogen-bond donors (Lipinski definition) is 0. The van der Waals surface area contributed by atoms with Gasteiger partial charge in [0.1, 0.15) is 0 Å². The quantitative estimate of drug-likeness (QED) is 0.783. The zero-order valence-electron chi connectivity index (χ0n) is 15.4. The molecule has 25 heavy (non-hydrogen) atoms. The van der Waals surface area contributed by atoms with Gasteiger partial charge in [0.25, 0.3) is 0 Å². The Balaban J connectivity index is 1.70. The lowest BCUT2D eigenvalue weighted by Gasteiger charge is -2.39. The predicted octanol–water partition coefficient (Wildman–Crippen LogP) is 3.67. The first-order valence-electron chi connectivity index (χ1n) is 8.88. The molecule has 1 amide bonds. The third kappa shape index (κ3) is 3.73. The first-order valence-corrected chi connectivity index (χ1v) is 9.87. The molecular weight excluding hydrogens is 332 g/mol. The normalized spacial score (nSPS) is 20.7. The Bertz CT molecular complexity index is 748. The second-order valence-electron chi connectivity index (χ2n) is 6.90. The number of carbonyl (C=O) groups excluding carboxylic acids is 1. The van der Waals surface area contributed by atoms with Crippen LogP contribution in [0.2, 0.25) is 0 Å². The first-order chi connectivity index (χ1) is 12.0. The van der Waals surface area contributed by atoms with Crippen molar-refractivity contribution < 1.29 is 4.79 Å². The van der Waals surface area contributed by atoms with Crippen molar-refractivity contribution in [2.75, 3.05) is 5.75 Å². The maximum Gasteiger partial charge on any atom is 0.233 e. The summed E-state index contributed by atoms with van der Waals surface area (Å²) in [5, 5.41) is 9.41. The molecule has 0 aliphatic carbocycles. The van der Waals surface area contributed by atoms with E-state index in [0.717, 1.165) is 29.4 Å². The summed E-state index contributed by atoms with van der Waals surface area (Å²) in [6.07, 6.45) is 3.41. The lowest BCUT2D eigenvalue weighted by Crippen LogP contribution is -2.48. The number of aryl methyl sites for hydroxylation is 1. The smallest absolute Gasteiger partial charge is 0.233 e. The van der Waals surface area contributed by atoms with Gasteiger partial charge >= 0.3 is 0 Å². The van der Waals surface area contributed by atoms with E-state index in [1.54, 1.807) is 0 Å². The third-order valence-electron chi connectivity index (χ3n) is 5.03. The summed E-state index contributed by atoms with van der Waals surface area (Å²) < 4.78 is 1.98. The van der Waals surface area contributed by atoms with Crippen molar-refractivity contribution in [3.8, 4) is 11.4 Å². The molecule has 6 heteroatoms. The van der Waals surface area contributed by atoms with E-state index in [-0.39, 0.29) is 5.91 Å². The average molecular weight is 359 g/mol. The number of thioether (sulfide) groups is 1. The van der Waals surface area contributed by atoms with Crippen LogP contribution in [0.4, 0.5) is 0 Å². The number of rotatable bonds is 4. The monoisotopic (exact) mass is 358 g/mol. The SMILES string of the molecule is Cc1ccccc1-c1nnc(SCC(=O)N2[C@H](C)CCC[C@H]2C)n1C. The number of nitrogens with zero attached hydrogens (tertiary/aromatic N) is 4. The molecule has 1 saturated heterocycles. The van der Waals surface area contributed by atoms with Gasteiger partial charge in [0.15, 0.2) is 11.0 Å². The Hall–Kier alpha value is -1.82. The van der Waals surface area contributed by atoms with Crippen molar-refractivity contribution in [2.45, 2.75) is 57.3 Å². The first kappa shape index (κ1) is 18.0. The number of likely N-dealkylation sites (tertiary alicyclic amines) is 1. The number of benzene rings is 1. The lowest BCUT2D eigenvalue weighted by atomic mass is 9.98. The maximum absolute atomic E-state index is 12.7. The van der Waals surface area contributed by atoms with Crippen LogP contribution in [-0.4, -0.2) is 43.4 Å². The highest BCUT2D eigenvalue weighted by molar-refractivity contribution is 7.99. The van der Waals surface area contributed by atoms with E-state index in [0.29, 0.717) is 17.8 Å². The van der Waals surface area contributed by atoms with E-state index in [2.05, 4.69) is 48.0 Å². The molecular formula is C19H26N4OS. The Morgan fingerprint density at radius 1 is 1.20 bits per heavy atom. The molecule has 134 valence electrons. The Morgan fingerprint density at radius 3 is 2.56 bits per heavy atom. The van der Waals surface area contributed by atoms with Crippen LogP contribution in [0.3, 0.4) is 0 Å². The summed E-state index contributed by atoms with van der Waals surface area (Å²) in [6, 6.07) is 8.81. The highest BCUT2D eigenvalue weighted by Crippen LogP contribution is 2.27. The van der Waals surface area contributed by atoms with Gasteiger partial charge < -0.3 is 9.47 Å². The van der Waals surface area contributed by atoms with Crippen LogP contribution >= 0.6 is 11.8 Å². The van der Waals surface area contributed by atoms with Crippen LogP contribution in [-0.2, 0) is 11.8 Å². The number of aromatic nitrogens is 3. The second-order valence-corrected chi connectivity index (χ2v) is 7.84. The van der Waals surface area contributed by atoms with Gasteiger partial charge in [-0.05, 0) is 45.6 Å². The Labute approximate surface area is 153 Å². The standard InChI is InChI=1S/C19H26N4OS/c1-13-8-5-6-11-16(13)18-20-21-19(22(18)4)25-12-17(24)23-14(2)9-7-10-15(23)3/h5-6,8,11,14-15H,7,9-10,12H2,1-4H3/t14-,15-/m1/s1. The Morgan fingerprint density at radius 2 is 1.88 bits per heavy atom. The zero-order valence-corrected chi connectivity index (χ0v) is 16.2. The molecule has 5 nitrogen and oxygen atoms in total. The van der Waals surface area contributed by atoms with E-state index < -0.39 is 0 Å². The van der Waals surface area contributed by atoms with Crippen LogP contribution in [0, 0.1) is 6.92 Å². The third-order valence-corrected chi connectivity index (χ3v) is 6.03. The molecule has 1 aromatic heterocycles. The summed E-state index contributed by atoms with van der Waals surface area (Å²) in [5.74, 6) is 1.45. The van der Waals surface area contributed by atoms with Crippen LogP contribution in [0.5, 0.6) is 0 Å². The molecule has 1 aliphatic heterocycles. The molecule has 3 rings (SSSR count). The van der Waals surface area contributed by atoms with Crippen molar-refractivity contribution in [3.05, 3.63) is 29.8 Å². The number of amides is 1. The van der Waals surface area contributed by atoms with Crippen LogP contribution in [0.15, 0.2) is 29.4 Å². The van der Waals surface area contributed by atoms with Gasteiger partial charge in [0.05, 0.1) is 5.75 Å². The van der Waals surface area contributed by atoms with Gasteiger partial charge in [-0.3, -0.25) is 4.79 Å². The van der Waals surface area contributed by atoms with E-state index in [1.807, 2.05) is 23.7 Å². The molecule has 0 radical (unpaired) electrons. The second kappa shape index (κ2) is 7.60. The summed E-state index contributed by atoms with van der Waals surface area (Å²) in [7, 11) is 1.96. The van der Waals surface area contributed by atoms with E-state index in [1.165, 1.54) is 23.7 Å². The number of piperidine rings is 1. The average Bonchev–Trinajstić information content (AvgIpc) is 2.94. The summed E-state index contributed by atoms with van der Waals surface area (Å²) in [6.45, 7) is 6.37. The van der Waals surface area contributed by atoms with Crippen molar-refractivity contribution in [3.63, 3.8) is 0 Å². The molecule has 0 spiro atoms. The lowest BCUT2D eigenvalue weighted by molar-refractivity contribution is -0.134. The summed E-state index contributed by atoms with van der Waals surface area (Å²) in [4.78, 5) is 14.7. The van der Waals surface area contributed by atoms with Crippen molar-refractivity contribution in [1.82, 2.24) is 19.7 Å². The van der Waals surface area contributed by atoms with E-state index in [4.69, 9.17) is 0 Å². The fraction of sp³-hybridized carbons (Fsp3) is 0.526. The Kier molecular flexibility index (Phi) is 5.47. The van der Waals surface area contributed by atoms with E-state index in [9.17, 15) is 4.79 Å². The highest BCUT2D eigenvalue weighted by Gasteiger charge is 2.29. The van der Waals surface area contributed by atoms with Gasteiger partial charge in [0.2, 0.25) is 5.91 Å². The van der Waals surface area contributed by atoms with Crippen molar-refractivity contribution in [1.29, 1.82) is 0 Å². The number of hydrogen-bond acceptors (Lipinski definition) is 4.